The van der Waals surface area contributed by atoms with E-state index in [1.807, 2.05) is 30.3 Å². The standard InChI is InChI=1S/C30H26ClF2N3O5/c31-24-8-4-7-19(28(24)33)13-34-29(38)26-11-20(32)14-36(26)27(37)16-35-15-23(30(39)40)22-10-9-21(12-25(22)35)41-17-18-5-2-1-3-6-18/h1-10,12,15,20,26H,11,13-14,16-17H2,(H,34,38)(H,39,40)/t20-,26+/m1/s1. The van der Waals surface area contributed by atoms with Gasteiger partial charge in [-0.15, -0.1) is 0 Å². The summed E-state index contributed by atoms with van der Waals surface area (Å²) in [5.74, 6) is -2.56. The number of carbonyl (C=O) groups is 3. The van der Waals surface area contributed by atoms with E-state index in [2.05, 4.69) is 5.32 Å². The maximum atomic E-state index is 14.5. The number of aromatic nitrogens is 1. The fourth-order valence-corrected chi connectivity index (χ4v) is 5.13. The van der Waals surface area contributed by atoms with Gasteiger partial charge < -0.3 is 24.6 Å². The third-order valence-corrected chi connectivity index (χ3v) is 7.29. The fourth-order valence-electron chi connectivity index (χ4n) is 4.93. The number of nitrogens with one attached hydrogen (secondary N) is 1. The molecule has 2 atom stereocenters. The molecule has 4 aromatic rings. The van der Waals surface area contributed by atoms with Crippen LogP contribution in [0.5, 0.6) is 5.75 Å². The summed E-state index contributed by atoms with van der Waals surface area (Å²) in [6.07, 6.45) is -0.294. The van der Waals surface area contributed by atoms with Gasteiger partial charge in [0.15, 0.2) is 0 Å². The number of likely N-dealkylation sites (tertiary alicyclic amines) is 1. The fraction of sp³-hybridized carbons (Fsp3) is 0.233. The first-order chi connectivity index (χ1) is 19.7. The molecular formula is C30H26ClF2N3O5. The van der Waals surface area contributed by atoms with Crippen molar-refractivity contribution in [1.82, 2.24) is 14.8 Å². The number of hydrogen-bond acceptors (Lipinski definition) is 4. The first kappa shape index (κ1) is 28.1. The molecule has 1 saturated heterocycles. The summed E-state index contributed by atoms with van der Waals surface area (Å²) < 4.78 is 36.0. The van der Waals surface area contributed by atoms with E-state index in [4.69, 9.17) is 16.3 Å². The molecule has 5 rings (SSSR count). The van der Waals surface area contributed by atoms with Crippen LogP contribution < -0.4 is 10.1 Å². The minimum Gasteiger partial charge on any atom is -0.489 e. The van der Waals surface area contributed by atoms with Gasteiger partial charge in [0.05, 0.1) is 22.6 Å². The third-order valence-electron chi connectivity index (χ3n) is 7.00. The van der Waals surface area contributed by atoms with Crippen LogP contribution in [0, 0.1) is 5.82 Å². The van der Waals surface area contributed by atoms with Gasteiger partial charge in [0.1, 0.15) is 36.9 Å². The molecule has 1 fully saturated rings. The predicted octanol–water partition coefficient (Wildman–Crippen LogP) is 4.97. The first-order valence-electron chi connectivity index (χ1n) is 12.9. The van der Waals surface area contributed by atoms with Gasteiger partial charge in [-0.3, -0.25) is 9.59 Å². The van der Waals surface area contributed by atoms with Crippen LogP contribution in [0.25, 0.3) is 10.9 Å². The van der Waals surface area contributed by atoms with Crippen LogP contribution in [-0.4, -0.2) is 51.1 Å². The number of benzene rings is 3. The van der Waals surface area contributed by atoms with E-state index < -0.39 is 35.8 Å². The third kappa shape index (κ3) is 6.17. The van der Waals surface area contributed by atoms with Crippen LogP contribution in [0.2, 0.25) is 5.02 Å². The average molecular weight is 582 g/mol. The number of fused-ring (bicyclic) bond motifs is 1. The van der Waals surface area contributed by atoms with Gasteiger partial charge in [-0.1, -0.05) is 54.1 Å². The lowest BCUT2D eigenvalue weighted by atomic mass is 10.1. The molecule has 3 aromatic carbocycles. The number of nitrogens with zero attached hydrogens (tertiary/aromatic N) is 2. The largest absolute Gasteiger partial charge is 0.489 e. The van der Waals surface area contributed by atoms with E-state index in [9.17, 15) is 28.3 Å². The van der Waals surface area contributed by atoms with Gasteiger partial charge in [0.2, 0.25) is 11.8 Å². The maximum Gasteiger partial charge on any atom is 0.337 e. The molecule has 0 saturated carbocycles. The Morgan fingerprint density at radius 2 is 1.85 bits per heavy atom. The van der Waals surface area contributed by atoms with E-state index in [1.54, 1.807) is 24.3 Å². The number of rotatable bonds is 9. The SMILES string of the molecule is O=C(O)c1cn(CC(=O)N2C[C@H](F)C[C@H]2C(=O)NCc2cccc(Cl)c2F)c2cc(OCc3ccccc3)ccc12. The van der Waals surface area contributed by atoms with Crippen molar-refractivity contribution in [3.05, 3.63) is 100 Å². The second-order valence-corrected chi connectivity index (χ2v) is 10.2. The van der Waals surface area contributed by atoms with E-state index in [-0.39, 0.29) is 42.2 Å². The predicted molar refractivity (Wildman–Crippen MR) is 148 cm³/mol. The number of carboxylic acid groups (broad SMARTS) is 1. The minimum absolute atomic E-state index is 0.00922. The van der Waals surface area contributed by atoms with Gasteiger partial charge in [0, 0.05) is 36.2 Å². The quantitative estimate of drug-likeness (QED) is 0.291. The number of hydrogen-bond donors (Lipinski definition) is 2. The van der Waals surface area contributed by atoms with Crippen LogP contribution in [0.3, 0.4) is 0 Å². The number of amides is 2. The van der Waals surface area contributed by atoms with Gasteiger partial charge in [-0.25, -0.2) is 13.6 Å². The second-order valence-electron chi connectivity index (χ2n) is 9.75. The molecule has 1 aliphatic heterocycles. The highest BCUT2D eigenvalue weighted by Crippen LogP contribution is 2.28. The van der Waals surface area contributed by atoms with Crippen LogP contribution in [-0.2, 0) is 29.3 Å². The molecule has 2 N–H and O–H groups in total. The van der Waals surface area contributed by atoms with Gasteiger partial charge in [-0.05, 0) is 23.8 Å². The van der Waals surface area contributed by atoms with E-state index >= 15 is 0 Å². The van der Waals surface area contributed by atoms with Crippen molar-refractivity contribution >= 4 is 40.3 Å². The number of carbonyl (C=O) groups excluding carboxylic acids is 2. The Morgan fingerprint density at radius 1 is 1.07 bits per heavy atom. The maximum absolute atomic E-state index is 14.5. The summed E-state index contributed by atoms with van der Waals surface area (Å²) in [6, 6.07) is 17.7. The number of alkyl halides is 1. The molecule has 1 aliphatic rings. The van der Waals surface area contributed by atoms with Gasteiger partial charge in [0.25, 0.3) is 0 Å². The molecule has 0 bridgehead atoms. The summed E-state index contributed by atoms with van der Waals surface area (Å²) >= 11 is 5.80. The zero-order valence-corrected chi connectivity index (χ0v) is 22.5. The van der Waals surface area contributed by atoms with Crippen molar-refractivity contribution < 1.29 is 33.0 Å². The van der Waals surface area contributed by atoms with Gasteiger partial charge >= 0.3 is 5.97 Å². The summed E-state index contributed by atoms with van der Waals surface area (Å²) in [4.78, 5) is 39.3. The highest BCUT2D eigenvalue weighted by Gasteiger charge is 2.39. The van der Waals surface area contributed by atoms with Crippen molar-refractivity contribution in [2.45, 2.75) is 38.3 Å². The van der Waals surface area contributed by atoms with Crippen LogP contribution >= 0.6 is 11.6 Å². The molecule has 0 unspecified atom stereocenters. The molecular weight excluding hydrogens is 556 g/mol. The van der Waals surface area contributed by atoms with Crippen molar-refractivity contribution in [2.75, 3.05) is 6.54 Å². The molecule has 212 valence electrons. The van der Waals surface area contributed by atoms with Crippen LogP contribution in [0.15, 0.2) is 72.9 Å². The lowest BCUT2D eigenvalue weighted by molar-refractivity contribution is -0.139. The molecule has 8 nitrogen and oxygen atoms in total. The molecule has 0 aliphatic carbocycles. The van der Waals surface area contributed by atoms with Crippen molar-refractivity contribution in [1.29, 1.82) is 0 Å². The lowest BCUT2D eigenvalue weighted by Crippen LogP contribution is -2.46. The van der Waals surface area contributed by atoms with Crippen LogP contribution in [0.1, 0.15) is 27.9 Å². The topological polar surface area (TPSA) is 101 Å². The summed E-state index contributed by atoms with van der Waals surface area (Å²) in [5.41, 5.74) is 1.53. The molecule has 2 heterocycles. The highest BCUT2D eigenvalue weighted by atomic mass is 35.5. The first-order valence-corrected chi connectivity index (χ1v) is 13.3. The van der Waals surface area contributed by atoms with Gasteiger partial charge in [-0.2, -0.15) is 0 Å². The van der Waals surface area contributed by atoms with E-state index in [1.165, 1.54) is 22.9 Å². The Morgan fingerprint density at radius 3 is 2.61 bits per heavy atom. The van der Waals surface area contributed by atoms with E-state index in [0.717, 1.165) is 10.5 Å². The average Bonchev–Trinajstić information content (AvgIpc) is 3.53. The van der Waals surface area contributed by atoms with Crippen molar-refractivity contribution in [3.63, 3.8) is 0 Å². The number of ether oxygens (including phenoxy) is 1. The smallest absolute Gasteiger partial charge is 0.337 e. The summed E-state index contributed by atoms with van der Waals surface area (Å²) in [5, 5.41) is 12.6. The monoisotopic (exact) mass is 581 g/mol. The number of aromatic carboxylic acids is 1. The normalized spacial score (nSPS) is 16.6. The van der Waals surface area contributed by atoms with Crippen molar-refractivity contribution in [2.24, 2.45) is 0 Å². The molecule has 1 aromatic heterocycles. The Labute approximate surface area is 239 Å². The number of halogens is 3. The molecule has 11 heteroatoms. The zero-order valence-electron chi connectivity index (χ0n) is 21.7. The highest BCUT2D eigenvalue weighted by molar-refractivity contribution is 6.30. The van der Waals surface area contributed by atoms with Crippen LogP contribution in [0.4, 0.5) is 8.78 Å². The zero-order chi connectivity index (χ0) is 29.1. The summed E-state index contributed by atoms with van der Waals surface area (Å²) in [7, 11) is 0. The van der Waals surface area contributed by atoms with Crippen molar-refractivity contribution in [3.8, 4) is 5.75 Å². The molecule has 2 amide bonds. The lowest BCUT2D eigenvalue weighted by Gasteiger charge is -2.24. The molecule has 0 radical (unpaired) electrons. The molecule has 0 spiro atoms. The minimum atomic E-state index is -1.42. The molecule has 41 heavy (non-hydrogen) atoms. The second kappa shape index (κ2) is 12.0. The Kier molecular flexibility index (Phi) is 8.21. The summed E-state index contributed by atoms with van der Waals surface area (Å²) in [6.45, 7) is -0.514. The Balaban J connectivity index is 1.33. The van der Waals surface area contributed by atoms with E-state index in [0.29, 0.717) is 23.3 Å². The Hall–Kier alpha value is -4.44. The number of carboxylic acids is 1. The Bertz CT molecular complexity index is 1610.